The maximum Gasteiger partial charge on any atom is 0.191 e. The van der Waals surface area contributed by atoms with Crippen LogP contribution in [0.3, 0.4) is 0 Å². The third-order valence-electron chi connectivity index (χ3n) is 5.90. The molecule has 1 aromatic carbocycles. The van der Waals surface area contributed by atoms with Gasteiger partial charge in [-0.25, -0.2) is 9.97 Å². The number of aryl methyl sites for hydroxylation is 1. The molecule has 0 radical (unpaired) electrons. The molecule has 2 aromatic heterocycles. The fraction of sp³-hybridized carbons (Fsp3) is 0.400. The van der Waals surface area contributed by atoms with Crippen molar-refractivity contribution >= 4 is 5.96 Å². The van der Waals surface area contributed by atoms with Gasteiger partial charge in [-0.1, -0.05) is 36.8 Å². The lowest BCUT2D eigenvalue weighted by Crippen LogP contribution is -2.36. The standard InChI is InChI=1S/C25H33N7/c1-20-27-12-15-32(20)24-11-10-23(17-28-24)18-30-25(26-2)29-16-21-6-8-22(9-7-21)19-31-13-4-3-5-14-31/h6-12,15,17H,3-5,13-14,16,18-19H2,1-2H3,(H2,26,29,30). The van der Waals surface area contributed by atoms with Crippen molar-refractivity contribution < 1.29 is 0 Å². The highest BCUT2D eigenvalue weighted by atomic mass is 15.2. The molecule has 7 nitrogen and oxygen atoms in total. The number of benzene rings is 1. The first-order valence-electron chi connectivity index (χ1n) is 11.4. The molecule has 0 spiro atoms. The summed E-state index contributed by atoms with van der Waals surface area (Å²) >= 11 is 0. The molecule has 0 saturated carbocycles. The molecule has 0 unspecified atom stereocenters. The molecule has 0 aliphatic carbocycles. The van der Waals surface area contributed by atoms with Crippen LogP contribution in [-0.4, -0.2) is 45.5 Å². The van der Waals surface area contributed by atoms with Crippen molar-refractivity contribution in [3.05, 3.63) is 77.5 Å². The van der Waals surface area contributed by atoms with Gasteiger partial charge in [-0.15, -0.1) is 0 Å². The number of pyridine rings is 1. The smallest absolute Gasteiger partial charge is 0.191 e. The quantitative estimate of drug-likeness (QED) is 0.443. The van der Waals surface area contributed by atoms with E-state index in [0.717, 1.165) is 36.3 Å². The molecule has 0 bridgehead atoms. The van der Waals surface area contributed by atoms with Crippen LogP contribution in [0.1, 0.15) is 41.8 Å². The van der Waals surface area contributed by atoms with Crippen molar-refractivity contribution in [3.8, 4) is 5.82 Å². The molecule has 0 atom stereocenters. The second-order valence-electron chi connectivity index (χ2n) is 8.30. The minimum absolute atomic E-state index is 0.657. The molecule has 1 saturated heterocycles. The van der Waals surface area contributed by atoms with Gasteiger partial charge in [0, 0.05) is 45.3 Å². The summed E-state index contributed by atoms with van der Waals surface area (Å²) in [4.78, 5) is 15.7. The number of nitrogens with one attached hydrogen (secondary N) is 2. The van der Waals surface area contributed by atoms with Crippen LogP contribution in [0.2, 0.25) is 0 Å². The Kier molecular flexibility index (Phi) is 7.51. The van der Waals surface area contributed by atoms with Gasteiger partial charge < -0.3 is 10.6 Å². The Morgan fingerprint density at radius 1 is 0.906 bits per heavy atom. The lowest BCUT2D eigenvalue weighted by Gasteiger charge is -2.26. The summed E-state index contributed by atoms with van der Waals surface area (Å²) in [5.41, 5.74) is 3.73. The average molecular weight is 432 g/mol. The molecule has 1 fully saturated rings. The molecule has 7 heteroatoms. The van der Waals surface area contributed by atoms with E-state index in [1.807, 2.05) is 30.0 Å². The van der Waals surface area contributed by atoms with Crippen molar-refractivity contribution in [1.29, 1.82) is 0 Å². The van der Waals surface area contributed by atoms with E-state index in [1.165, 1.54) is 43.5 Å². The Morgan fingerprint density at radius 3 is 2.22 bits per heavy atom. The third kappa shape index (κ3) is 5.95. The first-order valence-corrected chi connectivity index (χ1v) is 11.4. The van der Waals surface area contributed by atoms with Crippen LogP contribution in [0.15, 0.2) is 60.0 Å². The normalized spacial score (nSPS) is 15.0. The van der Waals surface area contributed by atoms with Crippen molar-refractivity contribution in [2.45, 2.75) is 45.8 Å². The number of likely N-dealkylation sites (tertiary alicyclic amines) is 1. The zero-order valence-electron chi connectivity index (χ0n) is 19.1. The number of aliphatic imine (C=N–C) groups is 1. The van der Waals surface area contributed by atoms with Crippen molar-refractivity contribution in [2.75, 3.05) is 20.1 Å². The topological polar surface area (TPSA) is 70.4 Å². The van der Waals surface area contributed by atoms with Crippen LogP contribution in [0.5, 0.6) is 0 Å². The zero-order chi connectivity index (χ0) is 22.2. The SMILES string of the molecule is CN=C(NCc1ccc(CN2CCCCC2)cc1)NCc1ccc(-n2ccnc2C)nc1. The fourth-order valence-corrected chi connectivity index (χ4v) is 4.01. The molecule has 168 valence electrons. The Bertz CT molecular complexity index is 1000. The molecule has 32 heavy (non-hydrogen) atoms. The number of guanidine groups is 1. The number of hydrogen-bond acceptors (Lipinski definition) is 4. The number of rotatable bonds is 7. The largest absolute Gasteiger partial charge is 0.352 e. The molecule has 3 heterocycles. The van der Waals surface area contributed by atoms with Crippen LogP contribution < -0.4 is 10.6 Å². The van der Waals surface area contributed by atoms with Gasteiger partial charge in [-0.2, -0.15) is 0 Å². The summed E-state index contributed by atoms with van der Waals surface area (Å²) in [6.07, 6.45) is 9.63. The Labute approximate surface area is 190 Å². The van der Waals surface area contributed by atoms with E-state index in [-0.39, 0.29) is 0 Å². The van der Waals surface area contributed by atoms with Crippen LogP contribution in [0.4, 0.5) is 0 Å². The van der Waals surface area contributed by atoms with Gasteiger partial charge in [0.1, 0.15) is 11.6 Å². The summed E-state index contributed by atoms with van der Waals surface area (Å²) in [6.45, 7) is 6.88. The molecule has 1 aliphatic heterocycles. The average Bonchev–Trinajstić information content (AvgIpc) is 3.27. The minimum Gasteiger partial charge on any atom is -0.352 e. The molecule has 2 N–H and O–H groups in total. The van der Waals surface area contributed by atoms with E-state index >= 15 is 0 Å². The van der Waals surface area contributed by atoms with Gasteiger partial charge in [0.05, 0.1) is 0 Å². The molecule has 0 amide bonds. The Balaban J connectivity index is 1.24. The Morgan fingerprint density at radius 2 is 1.59 bits per heavy atom. The van der Waals surface area contributed by atoms with Gasteiger partial charge in [0.25, 0.3) is 0 Å². The molecular weight excluding hydrogens is 398 g/mol. The van der Waals surface area contributed by atoms with Crippen molar-refractivity contribution in [2.24, 2.45) is 4.99 Å². The van der Waals surface area contributed by atoms with Crippen LogP contribution in [0, 0.1) is 6.92 Å². The van der Waals surface area contributed by atoms with Gasteiger partial charge in [0.2, 0.25) is 0 Å². The predicted octanol–water partition coefficient (Wildman–Crippen LogP) is 3.43. The summed E-state index contributed by atoms with van der Waals surface area (Å²) in [7, 11) is 1.79. The van der Waals surface area contributed by atoms with Crippen LogP contribution in [-0.2, 0) is 19.6 Å². The van der Waals surface area contributed by atoms with Crippen LogP contribution >= 0.6 is 0 Å². The molecule has 3 aromatic rings. The van der Waals surface area contributed by atoms with Gasteiger partial charge in [-0.05, 0) is 55.6 Å². The summed E-state index contributed by atoms with van der Waals surface area (Å²) in [6, 6.07) is 13.0. The minimum atomic E-state index is 0.657. The van der Waals surface area contributed by atoms with E-state index in [9.17, 15) is 0 Å². The monoisotopic (exact) mass is 431 g/mol. The van der Waals surface area contributed by atoms with E-state index in [4.69, 9.17) is 0 Å². The Hall–Kier alpha value is -3.19. The first-order chi connectivity index (χ1) is 15.7. The fourth-order valence-electron chi connectivity index (χ4n) is 4.01. The van der Waals surface area contributed by atoms with Gasteiger partial charge in [-0.3, -0.25) is 14.5 Å². The zero-order valence-corrected chi connectivity index (χ0v) is 19.1. The number of nitrogens with zero attached hydrogens (tertiary/aromatic N) is 5. The number of imidazole rings is 1. The lowest BCUT2D eigenvalue weighted by molar-refractivity contribution is 0.221. The predicted molar refractivity (Wildman–Crippen MR) is 129 cm³/mol. The molecular formula is C25H33N7. The summed E-state index contributed by atoms with van der Waals surface area (Å²) in [5.74, 6) is 2.57. The highest BCUT2D eigenvalue weighted by Gasteiger charge is 2.10. The van der Waals surface area contributed by atoms with E-state index in [1.54, 1.807) is 13.2 Å². The summed E-state index contributed by atoms with van der Waals surface area (Å²) in [5, 5.41) is 6.75. The van der Waals surface area contributed by atoms with E-state index in [0.29, 0.717) is 6.54 Å². The second kappa shape index (κ2) is 10.9. The second-order valence-corrected chi connectivity index (χ2v) is 8.30. The summed E-state index contributed by atoms with van der Waals surface area (Å²) < 4.78 is 1.97. The molecule has 1 aliphatic rings. The first kappa shape index (κ1) is 22.0. The number of aromatic nitrogens is 3. The molecule has 4 rings (SSSR count). The maximum absolute atomic E-state index is 4.55. The van der Waals surface area contributed by atoms with Gasteiger partial charge in [0.15, 0.2) is 5.96 Å². The number of hydrogen-bond donors (Lipinski definition) is 2. The lowest BCUT2D eigenvalue weighted by atomic mass is 10.1. The maximum atomic E-state index is 4.55. The highest BCUT2D eigenvalue weighted by molar-refractivity contribution is 5.79. The van der Waals surface area contributed by atoms with Crippen molar-refractivity contribution in [3.63, 3.8) is 0 Å². The number of piperidine rings is 1. The third-order valence-corrected chi connectivity index (χ3v) is 5.90. The highest BCUT2D eigenvalue weighted by Crippen LogP contribution is 2.14. The van der Waals surface area contributed by atoms with Crippen molar-refractivity contribution in [1.82, 2.24) is 30.1 Å². The van der Waals surface area contributed by atoms with Gasteiger partial charge >= 0.3 is 0 Å². The van der Waals surface area contributed by atoms with Crippen LogP contribution in [0.25, 0.3) is 5.82 Å². The van der Waals surface area contributed by atoms with E-state index in [2.05, 4.69) is 60.8 Å². The van der Waals surface area contributed by atoms with E-state index < -0.39 is 0 Å².